The van der Waals surface area contributed by atoms with Crippen molar-refractivity contribution in [3.05, 3.63) is 129 Å². The molecule has 0 bridgehead atoms. The maximum Gasteiger partial charge on any atom is 0.0316 e. The largest absolute Gasteiger partial charge is 0.399 e. The number of hydrogen-bond acceptors (Lipinski definition) is 2. The summed E-state index contributed by atoms with van der Waals surface area (Å²) >= 11 is 0. The number of unbranched alkanes of at least 4 members (excludes halogenated alkanes) is 3. The molecule has 0 aliphatic rings. The minimum Gasteiger partial charge on any atom is -0.399 e. The van der Waals surface area contributed by atoms with Crippen LogP contribution in [-0.2, 0) is 38.5 Å². The Kier molecular flexibility index (Phi) is 11.3. The van der Waals surface area contributed by atoms with Crippen molar-refractivity contribution in [3.8, 4) is 0 Å². The first-order valence-electron chi connectivity index (χ1n) is 15.4. The molecule has 4 N–H and O–H groups in total. The number of anilines is 2. The summed E-state index contributed by atoms with van der Waals surface area (Å²) in [5.74, 6) is 0. The number of nitrogen functional groups attached to an aromatic ring is 2. The molecule has 2 heteroatoms. The molecule has 4 aromatic carbocycles. The van der Waals surface area contributed by atoms with E-state index >= 15 is 0 Å². The molecule has 2 nitrogen and oxygen atoms in total. The van der Waals surface area contributed by atoms with Gasteiger partial charge in [0.1, 0.15) is 0 Å². The Bertz CT molecular complexity index is 1210. The molecule has 0 heterocycles. The van der Waals surface area contributed by atoms with E-state index in [9.17, 15) is 0 Å². The molecular weight excluding hydrogens is 484 g/mol. The molecule has 4 aromatic rings. The molecular formula is C38H48N2. The summed E-state index contributed by atoms with van der Waals surface area (Å²) in [6.45, 7) is 4.46. The Labute approximate surface area is 242 Å². The van der Waals surface area contributed by atoms with Gasteiger partial charge >= 0.3 is 0 Å². The van der Waals surface area contributed by atoms with Crippen molar-refractivity contribution < 1.29 is 0 Å². The summed E-state index contributed by atoms with van der Waals surface area (Å²) < 4.78 is 0. The lowest BCUT2D eigenvalue weighted by Crippen LogP contribution is -1.98. The van der Waals surface area contributed by atoms with Crippen LogP contribution in [0.25, 0.3) is 0 Å². The molecule has 0 radical (unpaired) electrons. The van der Waals surface area contributed by atoms with Gasteiger partial charge in [-0.2, -0.15) is 0 Å². The Hall–Kier alpha value is -3.52. The molecule has 0 aliphatic carbocycles. The first-order chi connectivity index (χ1) is 19.5. The predicted molar refractivity (Wildman–Crippen MR) is 174 cm³/mol. The molecule has 0 spiro atoms. The van der Waals surface area contributed by atoms with Gasteiger partial charge in [0, 0.05) is 11.4 Å². The average molecular weight is 533 g/mol. The van der Waals surface area contributed by atoms with Crippen molar-refractivity contribution in [2.75, 3.05) is 11.5 Å². The third-order valence-electron chi connectivity index (χ3n) is 8.02. The summed E-state index contributed by atoms with van der Waals surface area (Å²) in [7, 11) is 0. The van der Waals surface area contributed by atoms with Gasteiger partial charge in [-0.1, -0.05) is 100 Å². The fraction of sp³-hybridized carbons (Fsp3) is 0.368. The van der Waals surface area contributed by atoms with E-state index in [1.807, 2.05) is 12.1 Å². The normalized spacial score (nSPS) is 11.2. The molecule has 40 heavy (non-hydrogen) atoms. The molecule has 0 fully saturated rings. The van der Waals surface area contributed by atoms with Gasteiger partial charge in [0.25, 0.3) is 0 Å². The van der Waals surface area contributed by atoms with Crippen molar-refractivity contribution >= 4 is 11.4 Å². The van der Waals surface area contributed by atoms with Gasteiger partial charge in [0.15, 0.2) is 0 Å². The van der Waals surface area contributed by atoms with Crippen LogP contribution in [0.5, 0.6) is 0 Å². The zero-order valence-corrected chi connectivity index (χ0v) is 24.7. The standard InChI is InChI=1S/C38H48N2/c1-3-9-33-27-37(39)23-21-35(33)25-31-17-13-29(14-18-31)11-7-5-6-8-12-30-15-19-32(20-16-30)26-36-22-24-38(40)28-34(36)10-4-2/h13-24,27-28H,3-12,25-26,39-40H2,1-2H3. The van der Waals surface area contributed by atoms with Crippen molar-refractivity contribution in [1.29, 1.82) is 0 Å². The highest BCUT2D eigenvalue weighted by Gasteiger charge is 2.06. The molecule has 0 aromatic heterocycles. The van der Waals surface area contributed by atoms with Gasteiger partial charge in [0.2, 0.25) is 0 Å². The van der Waals surface area contributed by atoms with Crippen molar-refractivity contribution in [3.63, 3.8) is 0 Å². The molecule has 0 atom stereocenters. The summed E-state index contributed by atoms with van der Waals surface area (Å²) in [6.07, 6.45) is 13.9. The number of rotatable bonds is 15. The van der Waals surface area contributed by atoms with Crippen LogP contribution in [0.1, 0.15) is 96.9 Å². The number of hydrogen-bond donors (Lipinski definition) is 2. The van der Waals surface area contributed by atoms with Crippen molar-refractivity contribution in [2.45, 2.75) is 90.9 Å². The fourth-order valence-corrected chi connectivity index (χ4v) is 5.74. The lowest BCUT2D eigenvalue weighted by Gasteiger charge is -2.11. The van der Waals surface area contributed by atoms with Crippen LogP contribution >= 0.6 is 0 Å². The first-order valence-corrected chi connectivity index (χ1v) is 15.4. The highest BCUT2D eigenvalue weighted by atomic mass is 14.5. The van der Waals surface area contributed by atoms with Crippen molar-refractivity contribution in [2.24, 2.45) is 0 Å². The fourth-order valence-electron chi connectivity index (χ4n) is 5.74. The first kappa shape index (κ1) is 29.5. The second-order valence-corrected chi connectivity index (χ2v) is 11.5. The van der Waals surface area contributed by atoms with Crippen molar-refractivity contribution in [1.82, 2.24) is 0 Å². The number of nitrogens with two attached hydrogens (primary N) is 2. The summed E-state index contributed by atoms with van der Waals surface area (Å²) in [4.78, 5) is 0. The molecule has 0 saturated heterocycles. The smallest absolute Gasteiger partial charge is 0.0316 e. The number of aryl methyl sites for hydroxylation is 4. The van der Waals surface area contributed by atoms with Crippen LogP contribution in [-0.4, -0.2) is 0 Å². The Balaban J connectivity index is 1.16. The van der Waals surface area contributed by atoms with Gasteiger partial charge < -0.3 is 11.5 Å². The van der Waals surface area contributed by atoms with Crippen LogP contribution in [0.3, 0.4) is 0 Å². The Morgan fingerprint density at radius 2 is 0.775 bits per heavy atom. The van der Waals surface area contributed by atoms with Crippen LogP contribution in [0.2, 0.25) is 0 Å². The zero-order valence-electron chi connectivity index (χ0n) is 24.7. The highest BCUT2D eigenvalue weighted by Crippen LogP contribution is 2.22. The van der Waals surface area contributed by atoms with E-state index in [0.29, 0.717) is 0 Å². The molecule has 0 saturated carbocycles. The lowest BCUT2D eigenvalue weighted by atomic mass is 9.95. The van der Waals surface area contributed by atoms with E-state index in [-0.39, 0.29) is 0 Å². The maximum atomic E-state index is 6.02. The maximum absolute atomic E-state index is 6.02. The third-order valence-corrected chi connectivity index (χ3v) is 8.02. The quantitative estimate of drug-likeness (QED) is 0.118. The van der Waals surface area contributed by atoms with Crippen LogP contribution in [0.4, 0.5) is 11.4 Å². The topological polar surface area (TPSA) is 52.0 Å². The summed E-state index contributed by atoms with van der Waals surface area (Å²) in [5.41, 5.74) is 25.0. The van der Waals surface area contributed by atoms with Crippen LogP contribution in [0, 0.1) is 0 Å². The second kappa shape index (κ2) is 15.3. The average Bonchev–Trinajstić information content (AvgIpc) is 2.95. The summed E-state index contributed by atoms with van der Waals surface area (Å²) in [6, 6.07) is 31.3. The molecule has 0 aliphatic heterocycles. The van der Waals surface area contributed by atoms with Gasteiger partial charge in [-0.05, 0) is 120 Å². The predicted octanol–water partition coefficient (Wildman–Crippen LogP) is 9.28. The highest BCUT2D eigenvalue weighted by molar-refractivity contribution is 5.47. The minimum absolute atomic E-state index is 0.867. The summed E-state index contributed by atoms with van der Waals surface area (Å²) in [5, 5.41) is 0. The van der Waals surface area contributed by atoms with Gasteiger partial charge in [-0.3, -0.25) is 0 Å². The van der Waals surface area contributed by atoms with E-state index in [4.69, 9.17) is 11.5 Å². The van der Waals surface area contributed by atoms with Gasteiger partial charge in [-0.15, -0.1) is 0 Å². The van der Waals surface area contributed by atoms with Crippen LogP contribution < -0.4 is 11.5 Å². The molecule has 4 rings (SSSR count). The SMILES string of the molecule is CCCc1cc(N)ccc1Cc1ccc(CCCCCCc2ccc(Cc3ccc(N)cc3CCC)cc2)cc1. The van der Waals surface area contributed by atoms with E-state index < -0.39 is 0 Å². The molecule has 0 unspecified atom stereocenters. The lowest BCUT2D eigenvalue weighted by molar-refractivity contribution is 0.640. The van der Waals surface area contributed by atoms with E-state index in [1.165, 1.54) is 83.0 Å². The molecule has 0 amide bonds. The Morgan fingerprint density at radius 3 is 1.15 bits per heavy atom. The van der Waals surface area contributed by atoms with Gasteiger partial charge in [-0.25, -0.2) is 0 Å². The third kappa shape index (κ3) is 9.01. The minimum atomic E-state index is 0.867. The number of benzene rings is 4. The second-order valence-electron chi connectivity index (χ2n) is 11.5. The van der Waals surface area contributed by atoms with E-state index in [0.717, 1.165) is 49.9 Å². The van der Waals surface area contributed by atoms with E-state index in [1.54, 1.807) is 0 Å². The monoisotopic (exact) mass is 532 g/mol. The Morgan fingerprint density at radius 1 is 0.400 bits per heavy atom. The van der Waals surface area contributed by atoms with E-state index in [2.05, 4.69) is 86.6 Å². The zero-order chi connectivity index (χ0) is 28.2. The molecule has 210 valence electrons. The van der Waals surface area contributed by atoms with Gasteiger partial charge in [0.05, 0.1) is 0 Å². The van der Waals surface area contributed by atoms with Crippen LogP contribution in [0.15, 0.2) is 84.9 Å².